The largest absolute Gasteiger partial charge is 0.328 e. The van der Waals surface area contributed by atoms with E-state index in [1.54, 1.807) is 0 Å². The van der Waals surface area contributed by atoms with Gasteiger partial charge in [-0.05, 0) is 51.9 Å². The van der Waals surface area contributed by atoms with Crippen molar-refractivity contribution in [3.8, 4) is 0 Å². The lowest BCUT2D eigenvalue weighted by atomic mass is 9.90. The molecule has 2 nitrogen and oxygen atoms in total. The standard InChI is InChI=1S/C13H26N2/c1-3-12-7-4-10(2)15(12)13-8-5-11(14)6-9-13/h10-13H,3-9,14H2,1-2H3. The van der Waals surface area contributed by atoms with Gasteiger partial charge in [-0.2, -0.15) is 0 Å². The second kappa shape index (κ2) is 4.84. The molecule has 2 rings (SSSR count). The van der Waals surface area contributed by atoms with Crippen LogP contribution in [0.4, 0.5) is 0 Å². The predicted octanol–water partition coefficient (Wildman–Crippen LogP) is 2.52. The lowest BCUT2D eigenvalue weighted by Gasteiger charge is -2.39. The molecule has 2 N–H and O–H groups in total. The summed E-state index contributed by atoms with van der Waals surface area (Å²) < 4.78 is 0. The molecule has 0 radical (unpaired) electrons. The SMILES string of the molecule is CCC1CCC(C)N1C1CCC(N)CC1. The molecular formula is C13H26N2. The van der Waals surface area contributed by atoms with E-state index in [1.165, 1.54) is 44.9 Å². The minimum atomic E-state index is 0.485. The summed E-state index contributed by atoms with van der Waals surface area (Å²) in [5, 5.41) is 0. The van der Waals surface area contributed by atoms with Gasteiger partial charge in [0, 0.05) is 24.2 Å². The topological polar surface area (TPSA) is 29.3 Å². The van der Waals surface area contributed by atoms with Crippen LogP contribution in [0.25, 0.3) is 0 Å². The predicted molar refractivity (Wildman–Crippen MR) is 64.8 cm³/mol. The van der Waals surface area contributed by atoms with Crippen molar-refractivity contribution in [1.29, 1.82) is 0 Å². The highest BCUT2D eigenvalue weighted by Gasteiger charge is 2.35. The van der Waals surface area contributed by atoms with E-state index in [0.717, 1.165) is 18.1 Å². The van der Waals surface area contributed by atoms with Crippen molar-refractivity contribution in [2.75, 3.05) is 0 Å². The molecule has 1 aliphatic carbocycles. The Morgan fingerprint density at radius 1 is 1.07 bits per heavy atom. The van der Waals surface area contributed by atoms with E-state index in [-0.39, 0.29) is 0 Å². The Labute approximate surface area is 94.2 Å². The van der Waals surface area contributed by atoms with E-state index in [9.17, 15) is 0 Å². The van der Waals surface area contributed by atoms with Crippen LogP contribution in [0, 0.1) is 0 Å². The molecule has 15 heavy (non-hydrogen) atoms. The summed E-state index contributed by atoms with van der Waals surface area (Å²) in [6.07, 6.45) is 9.30. The quantitative estimate of drug-likeness (QED) is 0.759. The maximum atomic E-state index is 5.98. The van der Waals surface area contributed by atoms with Crippen molar-refractivity contribution < 1.29 is 0 Å². The van der Waals surface area contributed by atoms with E-state index >= 15 is 0 Å². The van der Waals surface area contributed by atoms with Gasteiger partial charge < -0.3 is 5.73 Å². The first kappa shape index (κ1) is 11.4. The lowest BCUT2D eigenvalue weighted by molar-refractivity contribution is 0.0992. The minimum absolute atomic E-state index is 0.485. The molecule has 2 atom stereocenters. The van der Waals surface area contributed by atoms with Gasteiger partial charge in [-0.3, -0.25) is 4.90 Å². The van der Waals surface area contributed by atoms with E-state index in [2.05, 4.69) is 18.7 Å². The molecule has 0 aromatic rings. The number of nitrogens with zero attached hydrogens (tertiary/aromatic N) is 1. The highest BCUT2D eigenvalue weighted by Crippen LogP contribution is 2.33. The van der Waals surface area contributed by atoms with Crippen LogP contribution in [-0.2, 0) is 0 Å². The molecule has 2 aliphatic rings. The van der Waals surface area contributed by atoms with Gasteiger partial charge in [0.1, 0.15) is 0 Å². The zero-order valence-corrected chi connectivity index (χ0v) is 10.3. The van der Waals surface area contributed by atoms with Crippen molar-refractivity contribution in [1.82, 2.24) is 4.90 Å². The van der Waals surface area contributed by atoms with E-state index < -0.39 is 0 Å². The van der Waals surface area contributed by atoms with Crippen molar-refractivity contribution in [2.45, 2.75) is 83.0 Å². The monoisotopic (exact) mass is 210 g/mol. The fourth-order valence-electron chi connectivity index (χ4n) is 3.56. The first-order chi connectivity index (χ1) is 7.22. The first-order valence-corrected chi connectivity index (χ1v) is 6.75. The molecule has 2 heteroatoms. The summed E-state index contributed by atoms with van der Waals surface area (Å²) in [4.78, 5) is 2.81. The summed E-state index contributed by atoms with van der Waals surface area (Å²) in [6, 6.07) is 3.00. The molecule has 0 aromatic heterocycles. The van der Waals surface area contributed by atoms with Gasteiger partial charge in [-0.15, -0.1) is 0 Å². The van der Waals surface area contributed by atoms with Crippen molar-refractivity contribution in [2.24, 2.45) is 5.73 Å². The van der Waals surface area contributed by atoms with Crippen LogP contribution in [-0.4, -0.2) is 29.1 Å². The van der Waals surface area contributed by atoms with Crippen LogP contribution in [0.2, 0.25) is 0 Å². The van der Waals surface area contributed by atoms with Crippen LogP contribution in [0.1, 0.15) is 58.8 Å². The molecule has 0 amide bonds. The lowest BCUT2D eigenvalue weighted by Crippen LogP contribution is -2.46. The highest BCUT2D eigenvalue weighted by molar-refractivity contribution is 4.91. The highest BCUT2D eigenvalue weighted by atomic mass is 15.2. The van der Waals surface area contributed by atoms with E-state index in [0.29, 0.717) is 6.04 Å². The average molecular weight is 210 g/mol. The third-order valence-corrected chi connectivity index (χ3v) is 4.48. The maximum absolute atomic E-state index is 5.98. The third kappa shape index (κ3) is 2.36. The Kier molecular flexibility index (Phi) is 3.68. The fraction of sp³-hybridized carbons (Fsp3) is 1.00. The van der Waals surface area contributed by atoms with Crippen LogP contribution in [0.15, 0.2) is 0 Å². The number of hydrogen-bond acceptors (Lipinski definition) is 2. The second-order valence-electron chi connectivity index (χ2n) is 5.50. The van der Waals surface area contributed by atoms with Gasteiger partial charge in [-0.1, -0.05) is 6.92 Å². The summed E-state index contributed by atoms with van der Waals surface area (Å²) in [5.74, 6) is 0. The molecular weight excluding hydrogens is 184 g/mol. The zero-order valence-electron chi connectivity index (χ0n) is 10.3. The Hall–Kier alpha value is -0.0800. The molecule has 0 spiro atoms. The molecule has 2 fully saturated rings. The third-order valence-electron chi connectivity index (χ3n) is 4.48. The summed E-state index contributed by atoms with van der Waals surface area (Å²) in [6.45, 7) is 4.74. The van der Waals surface area contributed by atoms with Gasteiger partial charge in [0.25, 0.3) is 0 Å². The van der Waals surface area contributed by atoms with Crippen molar-refractivity contribution in [3.05, 3.63) is 0 Å². The van der Waals surface area contributed by atoms with Crippen LogP contribution >= 0.6 is 0 Å². The first-order valence-electron chi connectivity index (χ1n) is 6.75. The number of likely N-dealkylation sites (tertiary alicyclic amines) is 1. The molecule has 0 bridgehead atoms. The summed E-state index contributed by atoms with van der Waals surface area (Å²) in [7, 11) is 0. The molecule has 2 unspecified atom stereocenters. The smallest absolute Gasteiger partial charge is 0.0102 e. The molecule has 1 saturated carbocycles. The Bertz CT molecular complexity index is 197. The van der Waals surface area contributed by atoms with Gasteiger partial charge in [0.2, 0.25) is 0 Å². The van der Waals surface area contributed by atoms with Gasteiger partial charge >= 0.3 is 0 Å². The van der Waals surface area contributed by atoms with Gasteiger partial charge in [0.05, 0.1) is 0 Å². The molecule has 1 saturated heterocycles. The Balaban J connectivity index is 1.96. The van der Waals surface area contributed by atoms with E-state index in [4.69, 9.17) is 5.73 Å². The number of hydrogen-bond donors (Lipinski definition) is 1. The van der Waals surface area contributed by atoms with Gasteiger partial charge in [0.15, 0.2) is 0 Å². The second-order valence-corrected chi connectivity index (χ2v) is 5.50. The number of rotatable bonds is 2. The molecule has 1 aliphatic heterocycles. The van der Waals surface area contributed by atoms with Crippen molar-refractivity contribution in [3.63, 3.8) is 0 Å². The molecule has 0 aromatic carbocycles. The fourth-order valence-corrected chi connectivity index (χ4v) is 3.56. The summed E-state index contributed by atoms with van der Waals surface area (Å²) in [5.41, 5.74) is 5.98. The average Bonchev–Trinajstić information content (AvgIpc) is 2.61. The minimum Gasteiger partial charge on any atom is -0.328 e. The summed E-state index contributed by atoms with van der Waals surface area (Å²) >= 11 is 0. The maximum Gasteiger partial charge on any atom is 0.0102 e. The number of nitrogens with two attached hydrogens (primary N) is 1. The normalized spacial score (nSPS) is 43.4. The van der Waals surface area contributed by atoms with Crippen LogP contribution < -0.4 is 5.73 Å². The Morgan fingerprint density at radius 2 is 1.73 bits per heavy atom. The zero-order chi connectivity index (χ0) is 10.8. The van der Waals surface area contributed by atoms with Gasteiger partial charge in [-0.25, -0.2) is 0 Å². The Morgan fingerprint density at radius 3 is 2.33 bits per heavy atom. The van der Waals surface area contributed by atoms with E-state index in [1.807, 2.05) is 0 Å². The van der Waals surface area contributed by atoms with Crippen LogP contribution in [0.3, 0.4) is 0 Å². The molecule has 1 heterocycles. The van der Waals surface area contributed by atoms with Crippen molar-refractivity contribution >= 4 is 0 Å². The molecule has 88 valence electrons. The van der Waals surface area contributed by atoms with Crippen LogP contribution in [0.5, 0.6) is 0 Å².